The van der Waals surface area contributed by atoms with E-state index in [1.807, 2.05) is 0 Å². The molecule has 10 nitrogen and oxygen atoms in total. The number of amides is 1. The smallest absolute Gasteiger partial charge is 0.350 e. The maximum atomic E-state index is 12.3. The number of thiazole rings is 1. The molecule has 1 amide bonds. The summed E-state index contributed by atoms with van der Waals surface area (Å²) in [5.41, 5.74) is 1.81. The fraction of sp³-hybridized carbons (Fsp3) is 0.273. The summed E-state index contributed by atoms with van der Waals surface area (Å²) in [6.07, 6.45) is 1.25. The van der Waals surface area contributed by atoms with Crippen LogP contribution in [0, 0.1) is 6.92 Å². The minimum Gasteiger partial charge on any atom is -0.480 e. The predicted molar refractivity (Wildman–Crippen MR) is 123 cm³/mol. The van der Waals surface area contributed by atoms with Crippen LogP contribution in [0.2, 0.25) is 0 Å². The molecule has 0 saturated carbocycles. The molecule has 1 aromatic carbocycles. The number of carbonyl (C=O) groups is 3. The summed E-state index contributed by atoms with van der Waals surface area (Å²) in [4.78, 5) is 40.5. The van der Waals surface area contributed by atoms with Crippen LogP contribution in [-0.2, 0) is 20.9 Å². The van der Waals surface area contributed by atoms with Crippen molar-refractivity contribution in [2.75, 3.05) is 17.2 Å². The largest absolute Gasteiger partial charge is 0.480 e. The average Bonchev–Trinajstić information content (AvgIpc) is 3.42. The first-order chi connectivity index (χ1) is 15.9. The number of furan rings is 1. The molecule has 3 rings (SSSR count). The standard InChI is InChI=1S/C22H24N4O6S/c1-3-31-21(30)19-13(2)24-22(33-19)26-15-8-6-14(7-9-15)25-18(27)11-17(20(28)29)23-12-16-5-4-10-32-16/h4-10,17,23H,3,11-12H2,1-2H3,(H,24,26)(H,25,27)(H,28,29)/t17-/m0/s1. The van der Waals surface area contributed by atoms with Crippen LogP contribution in [0.5, 0.6) is 0 Å². The van der Waals surface area contributed by atoms with E-state index in [9.17, 15) is 19.5 Å². The summed E-state index contributed by atoms with van der Waals surface area (Å²) in [7, 11) is 0. The van der Waals surface area contributed by atoms with Gasteiger partial charge in [0.25, 0.3) is 0 Å². The Hall–Kier alpha value is -3.70. The van der Waals surface area contributed by atoms with E-state index in [2.05, 4.69) is 20.9 Å². The van der Waals surface area contributed by atoms with E-state index in [0.29, 0.717) is 39.4 Å². The third-order valence-electron chi connectivity index (χ3n) is 4.47. The van der Waals surface area contributed by atoms with Crippen LogP contribution in [0.15, 0.2) is 47.1 Å². The highest BCUT2D eigenvalue weighted by Crippen LogP contribution is 2.27. The molecular formula is C22H24N4O6S. The third kappa shape index (κ3) is 6.89. The van der Waals surface area contributed by atoms with Gasteiger partial charge in [-0.2, -0.15) is 0 Å². The minimum atomic E-state index is -1.13. The molecule has 0 aliphatic carbocycles. The van der Waals surface area contributed by atoms with Crippen molar-refractivity contribution < 1.29 is 28.6 Å². The number of anilines is 3. The van der Waals surface area contributed by atoms with Crippen LogP contribution in [0.4, 0.5) is 16.5 Å². The van der Waals surface area contributed by atoms with E-state index in [4.69, 9.17) is 9.15 Å². The maximum absolute atomic E-state index is 12.3. The number of esters is 1. The molecule has 33 heavy (non-hydrogen) atoms. The van der Waals surface area contributed by atoms with Crippen LogP contribution in [-0.4, -0.2) is 40.6 Å². The number of nitrogens with zero attached hydrogens (tertiary/aromatic N) is 1. The molecule has 0 spiro atoms. The zero-order valence-electron chi connectivity index (χ0n) is 18.1. The number of carboxylic acids is 1. The maximum Gasteiger partial charge on any atom is 0.350 e. The Morgan fingerprint density at radius 1 is 1.18 bits per heavy atom. The molecule has 1 atom stereocenters. The molecule has 3 aromatic rings. The van der Waals surface area contributed by atoms with Crippen LogP contribution in [0.1, 0.15) is 34.5 Å². The van der Waals surface area contributed by atoms with Crippen molar-refractivity contribution in [1.82, 2.24) is 10.3 Å². The van der Waals surface area contributed by atoms with Gasteiger partial charge in [-0.05, 0) is 50.2 Å². The van der Waals surface area contributed by atoms with Crippen molar-refractivity contribution in [3.63, 3.8) is 0 Å². The second-order valence-electron chi connectivity index (χ2n) is 6.96. The lowest BCUT2D eigenvalue weighted by molar-refractivity contribution is -0.141. The molecule has 11 heteroatoms. The summed E-state index contributed by atoms with van der Waals surface area (Å²) in [5, 5.41) is 18.5. The molecule has 0 aliphatic heterocycles. The SMILES string of the molecule is CCOC(=O)c1sc(Nc2ccc(NC(=O)C[C@H](NCc3ccco3)C(=O)O)cc2)nc1C. The number of hydrogen-bond acceptors (Lipinski definition) is 9. The van der Waals surface area contributed by atoms with Crippen LogP contribution >= 0.6 is 11.3 Å². The molecule has 2 aromatic heterocycles. The number of nitrogens with one attached hydrogen (secondary N) is 3. The molecular weight excluding hydrogens is 448 g/mol. The zero-order valence-corrected chi connectivity index (χ0v) is 18.9. The summed E-state index contributed by atoms with van der Waals surface area (Å²) < 4.78 is 10.2. The average molecular weight is 473 g/mol. The first-order valence-corrected chi connectivity index (χ1v) is 11.0. The monoisotopic (exact) mass is 472 g/mol. The number of hydrogen-bond donors (Lipinski definition) is 4. The summed E-state index contributed by atoms with van der Waals surface area (Å²) in [6.45, 7) is 3.97. The Balaban J connectivity index is 1.54. The van der Waals surface area contributed by atoms with E-state index in [0.717, 1.165) is 0 Å². The van der Waals surface area contributed by atoms with Crippen LogP contribution in [0.25, 0.3) is 0 Å². The fourth-order valence-corrected chi connectivity index (χ4v) is 3.76. The van der Waals surface area contributed by atoms with E-state index in [1.54, 1.807) is 50.2 Å². The Morgan fingerprint density at radius 3 is 2.55 bits per heavy atom. The number of ether oxygens (including phenoxy) is 1. The lowest BCUT2D eigenvalue weighted by Gasteiger charge is -2.14. The van der Waals surface area contributed by atoms with Crippen molar-refractivity contribution in [3.05, 3.63) is 59.0 Å². The first kappa shape index (κ1) is 24.0. The van der Waals surface area contributed by atoms with E-state index < -0.39 is 23.9 Å². The molecule has 4 N–H and O–H groups in total. The van der Waals surface area contributed by atoms with Gasteiger partial charge in [0.05, 0.1) is 31.5 Å². The fourth-order valence-electron chi connectivity index (χ4n) is 2.88. The van der Waals surface area contributed by atoms with E-state index in [-0.39, 0.29) is 13.0 Å². The van der Waals surface area contributed by atoms with Crippen molar-refractivity contribution in [3.8, 4) is 0 Å². The Morgan fingerprint density at radius 2 is 1.91 bits per heavy atom. The number of benzene rings is 1. The van der Waals surface area contributed by atoms with E-state index >= 15 is 0 Å². The number of carbonyl (C=O) groups excluding carboxylic acids is 2. The molecule has 174 valence electrons. The normalized spacial score (nSPS) is 11.6. The topological polar surface area (TPSA) is 143 Å². The quantitative estimate of drug-likeness (QED) is 0.308. The van der Waals surface area contributed by atoms with Crippen LogP contribution < -0.4 is 16.0 Å². The zero-order chi connectivity index (χ0) is 23.8. The molecule has 0 fully saturated rings. The van der Waals surface area contributed by atoms with Gasteiger partial charge in [0.1, 0.15) is 16.7 Å². The van der Waals surface area contributed by atoms with Crippen LogP contribution in [0.3, 0.4) is 0 Å². The molecule has 0 radical (unpaired) electrons. The van der Waals surface area contributed by atoms with Crippen molar-refractivity contribution in [2.45, 2.75) is 32.9 Å². The molecule has 2 heterocycles. The van der Waals surface area contributed by atoms with Gasteiger partial charge in [0.15, 0.2) is 5.13 Å². The van der Waals surface area contributed by atoms with Gasteiger partial charge in [0.2, 0.25) is 5.91 Å². The summed E-state index contributed by atoms with van der Waals surface area (Å²) in [6, 6.07) is 9.19. The van der Waals surface area contributed by atoms with Crippen molar-refractivity contribution in [2.24, 2.45) is 0 Å². The lowest BCUT2D eigenvalue weighted by Crippen LogP contribution is -2.39. The van der Waals surface area contributed by atoms with Gasteiger partial charge >= 0.3 is 11.9 Å². The molecule has 0 aliphatic rings. The van der Waals surface area contributed by atoms with Gasteiger partial charge in [-0.15, -0.1) is 0 Å². The van der Waals surface area contributed by atoms with Gasteiger partial charge < -0.3 is 24.9 Å². The van der Waals surface area contributed by atoms with Crippen molar-refractivity contribution in [1.29, 1.82) is 0 Å². The number of aliphatic carboxylic acids is 1. The minimum absolute atomic E-state index is 0.200. The van der Waals surface area contributed by atoms with Gasteiger partial charge in [-0.25, -0.2) is 9.78 Å². The Labute approximate surface area is 194 Å². The number of aromatic nitrogens is 1. The van der Waals surface area contributed by atoms with Gasteiger partial charge in [-0.3, -0.25) is 14.9 Å². The number of rotatable bonds is 11. The second kappa shape index (κ2) is 11.2. The summed E-state index contributed by atoms with van der Waals surface area (Å²) in [5.74, 6) is -1.40. The highest BCUT2D eigenvalue weighted by molar-refractivity contribution is 7.17. The number of carboxylic acid groups (broad SMARTS) is 1. The van der Waals surface area contributed by atoms with Gasteiger partial charge in [0, 0.05) is 11.4 Å². The Kier molecular flexibility index (Phi) is 8.17. The summed E-state index contributed by atoms with van der Waals surface area (Å²) >= 11 is 1.19. The molecule has 0 saturated heterocycles. The molecule has 0 unspecified atom stereocenters. The van der Waals surface area contributed by atoms with Crippen molar-refractivity contribution >= 4 is 45.7 Å². The lowest BCUT2D eigenvalue weighted by atomic mass is 10.2. The first-order valence-electron chi connectivity index (χ1n) is 10.2. The predicted octanol–water partition coefficient (Wildman–Crippen LogP) is 3.54. The second-order valence-corrected chi connectivity index (χ2v) is 7.96. The van der Waals surface area contributed by atoms with Gasteiger partial charge in [-0.1, -0.05) is 11.3 Å². The molecule has 0 bridgehead atoms. The van der Waals surface area contributed by atoms with E-state index in [1.165, 1.54) is 17.6 Å². The third-order valence-corrected chi connectivity index (χ3v) is 5.52. The Bertz CT molecular complexity index is 1090. The highest BCUT2D eigenvalue weighted by Gasteiger charge is 2.21. The highest BCUT2D eigenvalue weighted by atomic mass is 32.1. The number of aryl methyl sites for hydroxylation is 1.